The second-order valence-electron chi connectivity index (χ2n) is 5.75. The van der Waals surface area contributed by atoms with E-state index in [1.54, 1.807) is 36.2 Å². The molecular formula is C20H16N4O3. The van der Waals surface area contributed by atoms with Gasteiger partial charge >= 0.3 is 0 Å². The first-order chi connectivity index (χ1) is 13.2. The van der Waals surface area contributed by atoms with Gasteiger partial charge in [-0.25, -0.2) is 14.6 Å². The molecule has 0 fully saturated rings. The molecule has 0 aliphatic heterocycles. The van der Waals surface area contributed by atoms with Crippen LogP contribution in [0.1, 0.15) is 16.1 Å². The maximum atomic E-state index is 13.1. The summed E-state index contributed by atoms with van der Waals surface area (Å²) in [5, 5.41) is 4.97. The van der Waals surface area contributed by atoms with E-state index in [1.165, 1.54) is 13.4 Å². The summed E-state index contributed by atoms with van der Waals surface area (Å²) in [5.74, 6) is 0.795. The maximum Gasteiger partial charge on any atom is 0.212 e. The van der Waals surface area contributed by atoms with E-state index in [4.69, 9.17) is 9.47 Å². The van der Waals surface area contributed by atoms with Crippen LogP contribution in [0.2, 0.25) is 0 Å². The number of ether oxygens (including phenoxy) is 2. The molecule has 0 atom stereocenters. The number of aromatic nitrogens is 4. The standard InChI is InChI=1S/C20H16N4O3/c1-26-16-9-8-13(10-17(16)27-2)19(25)18-15-11-23-24(20(15)22-12-21-18)14-6-4-3-5-7-14/h3-12H,1-2H3. The van der Waals surface area contributed by atoms with Gasteiger partial charge in [-0.1, -0.05) is 18.2 Å². The quantitative estimate of drug-likeness (QED) is 0.509. The van der Waals surface area contributed by atoms with Gasteiger partial charge < -0.3 is 9.47 Å². The summed E-state index contributed by atoms with van der Waals surface area (Å²) in [4.78, 5) is 21.6. The van der Waals surface area contributed by atoms with Gasteiger partial charge in [0.2, 0.25) is 5.78 Å². The molecule has 4 rings (SSSR count). The summed E-state index contributed by atoms with van der Waals surface area (Å²) in [5.41, 5.74) is 2.16. The molecule has 2 aromatic heterocycles. The summed E-state index contributed by atoms with van der Waals surface area (Å²) < 4.78 is 12.2. The Labute approximate surface area is 155 Å². The molecule has 0 amide bonds. The normalized spacial score (nSPS) is 10.7. The van der Waals surface area contributed by atoms with Crippen molar-refractivity contribution in [2.24, 2.45) is 0 Å². The molecule has 2 heterocycles. The monoisotopic (exact) mass is 360 g/mol. The van der Waals surface area contributed by atoms with Gasteiger partial charge in [-0.2, -0.15) is 5.10 Å². The largest absolute Gasteiger partial charge is 0.493 e. The van der Waals surface area contributed by atoms with Gasteiger partial charge in [0, 0.05) is 5.56 Å². The molecule has 134 valence electrons. The van der Waals surface area contributed by atoms with Crippen LogP contribution in [0, 0.1) is 0 Å². The van der Waals surface area contributed by atoms with Gasteiger partial charge in [-0.15, -0.1) is 0 Å². The Kier molecular flexibility index (Phi) is 4.25. The summed E-state index contributed by atoms with van der Waals surface area (Å²) in [6, 6.07) is 14.6. The fraction of sp³-hybridized carbons (Fsp3) is 0.100. The Balaban J connectivity index is 1.81. The van der Waals surface area contributed by atoms with Crippen molar-refractivity contribution in [2.75, 3.05) is 14.2 Å². The zero-order chi connectivity index (χ0) is 18.8. The summed E-state index contributed by atoms with van der Waals surface area (Å²) in [7, 11) is 3.07. The molecule has 0 aliphatic carbocycles. The molecule has 0 bridgehead atoms. The van der Waals surface area contributed by atoms with Crippen LogP contribution in [0.15, 0.2) is 61.1 Å². The smallest absolute Gasteiger partial charge is 0.212 e. The van der Waals surface area contributed by atoms with Gasteiger partial charge in [0.05, 0.1) is 31.5 Å². The third-order valence-electron chi connectivity index (χ3n) is 4.23. The Morgan fingerprint density at radius 1 is 0.963 bits per heavy atom. The number of para-hydroxylation sites is 1. The number of rotatable bonds is 5. The minimum atomic E-state index is -0.240. The van der Waals surface area contributed by atoms with Gasteiger partial charge in [-0.3, -0.25) is 4.79 Å². The fourth-order valence-electron chi connectivity index (χ4n) is 2.90. The van der Waals surface area contributed by atoms with Crippen molar-refractivity contribution in [1.29, 1.82) is 0 Å². The number of fused-ring (bicyclic) bond motifs is 1. The lowest BCUT2D eigenvalue weighted by atomic mass is 10.1. The number of hydrogen-bond donors (Lipinski definition) is 0. The third-order valence-corrected chi connectivity index (χ3v) is 4.23. The van der Waals surface area contributed by atoms with Gasteiger partial charge in [0.25, 0.3) is 0 Å². The van der Waals surface area contributed by atoms with Crippen LogP contribution in [-0.2, 0) is 0 Å². The van der Waals surface area contributed by atoms with Crippen molar-refractivity contribution < 1.29 is 14.3 Å². The number of carbonyl (C=O) groups is 1. The summed E-state index contributed by atoms with van der Waals surface area (Å²) in [6.07, 6.45) is 2.98. The Morgan fingerprint density at radius 2 is 1.74 bits per heavy atom. The first-order valence-electron chi connectivity index (χ1n) is 8.24. The zero-order valence-electron chi connectivity index (χ0n) is 14.8. The number of ketones is 1. The lowest BCUT2D eigenvalue weighted by Gasteiger charge is -2.09. The highest BCUT2D eigenvalue weighted by atomic mass is 16.5. The van der Waals surface area contributed by atoms with E-state index in [1.807, 2.05) is 30.3 Å². The lowest BCUT2D eigenvalue weighted by Crippen LogP contribution is -2.06. The first-order valence-corrected chi connectivity index (χ1v) is 8.24. The number of nitrogens with zero attached hydrogens (tertiary/aromatic N) is 4. The minimum absolute atomic E-state index is 0.240. The summed E-state index contributed by atoms with van der Waals surface area (Å²) in [6.45, 7) is 0. The van der Waals surface area contributed by atoms with Gasteiger partial charge in [-0.05, 0) is 30.3 Å². The predicted octanol–water partition coefficient (Wildman–Crippen LogP) is 3.06. The molecular weight excluding hydrogens is 344 g/mol. The highest BCUT2D eigenvalue weighted by Gasteiger charge is 2.19. The first kappa shape index (κ1) is 16.7. The fourth-order valence-corrected chi connectivity index (χ4v) is 2.90. The zero-order valence-corrected chi connectivity index (χ0v) is 14.8. The second kappa shape index (κ2) is 6.87. The molecule has 0 unspecified atom stereocenters. The average molecular weight is 360 g/mol. The van der Waals surface area contributed by atoms with E-state index in [0.717, 1.165) is 5.69 Å². The van der Waals surface area contributed by atoms with Crippen LogP contribution >= 0.6 is 0 Å². The van der Waals surface area contributed by atoms with E-state index in [2.05, 4.69) is 15.1 Å². The molecule has 7 heteroatoms. The third kappa shape index (κ3) is 2.89. The maximum absolute atomic E-state index is 13.1. The van der Waals surface area contributed by atoms with Crippen molar-refractivity contribution in [2.45, 2.75) is 0 Å². The Bertz CT molecular complexity index is 1120. The number of carbonyl (C=O) groups excluding carboxylic acids is 1. The highest BCUT2D eigenvalue weighted by Crippen LogP contribution is 2.29. The lowest BCUT2D eigenvalue weighted by molar-refractivity contribution is 0.103. The molecule has 7 nitrogen and oxygen atoms in total. The average Bonchev–Trinajstić information content (AvgIpc) is 3.17. The molecule has 0 saturated heterocycles. The SMILES string of the molecule is COc1ccc(C(=O)c2ncnc3c2cnn3-c2ccccc2)cc1OC. The molecule has 0 saturated carbocycles. The Morgan fingerprint density at radius 3 is 2.48 bits per heavy atom. The number of methoxy groups -OCH3 is 2. The van der Waals surface area contributed by atoms with Gasteiger partial charge in [0.15, 0.2) is 17.1 Å². The van der Waals surface area contributed by atoms with Crippen molar-refractivity contribution in [1.82, 2.24) is 19.7 Å². The van der Waals surface area contributed by atoms with Crippen molar-refractivity contribution in [3.8, 4) is 17.2 Å². The molecule has 0 N–H and O–H groups in total. The highest BCUT2D eigenvalue weighted by molar-refractivity contribution is 6.14. The van der Waals surface area contributed by atoms with Crippen LogP contribution in [-0.4, -0.2) is 39.8 Å². The van der Waals surface area contributed by atoms with Crippen molar-refractivity contribution in [3.05, 3.63) is 72.3 Å². The number of benzene rings is 2. The van der Waals surface area contributed by atoms with Crippen molar-refractivity contribution in [3.63, 3.8) is 0 Å². The topological polar surface area (TPSA) is 79.1 Å². The van der Waals surface area contributed by atoms with Crippen LogP contribution in [0.25, 0.3) is 16.7 Å². The van der Waals surface area contributed by atoms with Crippen molar-refractivity contribution >= 4 is 16.8 Å². The number of hydrogen-bond acceptors (Lipinski definition) is 6. The molecule has 0 radical (unpaired) electrons. The van der Waals surface area contributed by atoms with Crippen LogP contribution in [0.4, 0.5) is 0 Å². The van der Waals surface area contributed by atoms with Crippen LogP contribution in [0.5, 0.6) is 11.5 Å². The predicted molar refractivity (Wildman–Crippen MR) is 99.6 cm³/mol. The summed E-state index contributed by atoms with van der Waals surface area (Å²) >= 11 is 0. The molecule has 0 aliphatic rings. The van der Waals surface area contributed by atoms with E-state index in [9.17, 15) is 4.79 Å². The Hall–Kier alpha value is -3.74. The molecule has 4 aromatic rings. The van der Waals surface area contributed by atoms with E-state index >= 15 is 0 Å². The van der Waals surface area contributed by atoms with E-state index in [-0.39, 0.29) is 11.5 Å². The minimum Gasteiger partial charge on any atom is -0.493 e. The van der Waals surface area contributed by atoms with E-state index < -0.39 is 0 Å². The van der Waals surface area contributed by atoms with Crippen LogP contribution < -0.4 is 9.47 Å². The second-order valence-corrected chi connectivity index (χ2v) is 5.75. The van der Waals surface area contributed by atoms with Crippen LogP contribution in [0.3, 0.4) is 0 Å². The molecule has 2 aromatic carbocycles. The van der Waals surface area contributed by atoms with Gasteiger partial charge in [0.1, 0.15) is 12.0 Å². The molecule has 27 heavy (non-hydrogen) atoms. The van der Waals surface area contributed by atoms with E-state index in [0.29, 0.717) is 28.1 Å². The molecule has 0 spiro atoms.